The number of hydrogen-bond acceptors (Lipinski definition) is 3. The first-order valence-electron chi connectivity index (χ1n) is 8.66. The molecule has 1 N–H and O–H groups in total. The normalized spacial score (nSPS) is 14.6. The lowest BCUT2D eigenvalue weighted by molar-refractivity contribution is -0.665. The lowest BCUT2D eigenvalue weighted by atomic mass is 10.1. The SMILES string of the molecule is CCc1cccc2sc(C=CC=C3Nc4ccccc4S3)[n+](CC)c12.[I-]. The summed E-state index contributed by atoms with van der Waals surface area (Å²) >= 11 is 3.66. The molecule has 1 aliphatic heterocycles. The zero-order chi connectivity index (χ0) is 17.2. The number of halogens is 1. The van der Waals surface area contributed by atoms with Crippen molar-refractivity contribution in [2.75, 3.05) is 5.32 Å². The topological polar surface area (TPSA) is 15.9 Å². The fourth-order valence-electron chi connectivity index (χ4n) is 3.19. The minimum Gasteiger partial charge on any atom is -1.00 e. The molecule has 0 amide bonds. The third-order valence-corrected chi connectivity index (χ3v) is 6.53. The molecule has 0 fully saturated rings. The number of allylic oxidation sites excluding steroid dienone is 2. The summed E-state index contributed by atoms with van der Waals surface area (Å²) in [5.41, 5.74) is 4.02. The summed E-state index contributed by atoms with van der Waals surface area (Å²) < 4.78 is 3.80. The zero-order valence-corrected chi connectivity index (χ0v) is 18.6. The lowest BCUT2D eigenvalue weighted by Gasteiger charge is -1.97. The molecule has 26 heavy (non-hydrogen) atoms. The summed E-state index contributed by atoms with van der Waals surface area (Å²) in [7, 11) is 0. The van der Waals surface area contributed by atoms with E-state index in [1.54, 1.807) is 11.8 Å². The molecule has 0 unspecified atom stereocenters. The number of nitrogens with zero attached hydrogens (tertiary/aromatic N) is 1. The van der Waals surface area contributed by atoms with Gasteiger partial charge in [0.2, 0.25) is 5.52 Å². The fraction of sp³-hybridized carbons (Fsp3) is 0.190. The average Bonchev–Trinajstić information content (AvgIpc) is 3.21. The van der Waals surface area contributed by atoms with Gasteiger partial charge in [0.05, 0.1) is 10.7 Å². The predicted octanol–water partition coefficient (Wildman–Crippen LogP) is 2.85. The second kappa shape index (κ2) is 8.59. The summed E-state index contributed by atoms with van der Waals surface area (Å²) in [5, 5.41) is 5.94. The number of anilines is 1. The largest absolute Gasteiger partial charge is 1.00 e. The molecule has 0 aliphatic carbocycles. The summed E-state index contributed by atoms with van der Waals surface area (Å²) in [6.45, 7) is 5.44. The van der Waals surface area contributed by atoms with E-state index in [0.29, 0.717) is 0 Å². The zero-order valence-electron chi connectivity index (χ0n) is 14.8. The van der Waals surface area contributed by atoms with Crippen LogP contribution in [0.3, 0.4) is 0 Å². The van der Waals surface area contributed by atoms with Gasteiger partial charge in [0.1, 0.15) is 11.2 Å². The first-order chi connectivity index (χ1) is 12.3. The minimum absolute atomic E-state index is 0. The number of aryl methyl sites for hydroxylation is 2. The molecule has 0 radical (unpaired) electrons. The molecule has 2 nitrogen and oxygen atoms in total. The molecule has 0 saturated carbocycles. The van der Waals surface area contributed by atoms with E-state index >= 15 is 0 Å². The van der Waals surface area contributed by atoms with E-state index in [-0.39, 0.29) is 24.0 Å². The number of aromatic nitrogens is 1. The summed E-state index contributed by atoms with van der Waals surface area (Å²) in [6.07, 6.45) is 7.62. The highest BCUT2D eigenvalue weighted by molar-refractivity contribution is 8.03. The number of hydrogen-bond donors (Lipinski definition) is 1. The van der Waals surface area contributed by atoms with E-state index in [2.05, 4.69) is 84.4 Å². The molecule has 2 aromatic carbocycles. The van der Waals surface area contributed by atoms with Crippen molar-refractivity contribution in [3.8, 4) is 0 Å². The van der Waals surface area contributed by atoms with Crippen molar-refractivity contribution in [1.82, 2.24) is 0 Å². The molecule has 134 valence electrons. The van der Waals surface area contributed by atoms with Gasteiger partial charge in [0.25, 0.3) is 5.01 Å². The van der Waals surface area contributed by atoms with Crippen LogP contribution in [0.5, 0.6) is 0 Å². The van der Waals surface area contributed by atoms with Crippen LogP contribution in [0.4, 0.5) is 5.69 Å². The Kier molecular flexibility index (Phi) is 6.42. The molecule has 3 aromatic rings. The second-order valence-electron chi connectivity index (χ2n) is 5.92. The van der Waals surface area contributed by atoms with Crippen molar-refractivity contribution in [3.05, 3.63) is 70.2 Å². The quantitative estimate of drug-likeness (QED) is 0.446. The van der Waals surface area contributed by atoms with Gasteiger partial charge in [-0.2, -0.15) is 4.57 Å². The van der Waals surface area contributed by atoms with Crippen LogP contribution in [-0.2, 0) is 13.0 Å². The van der Waals surface area contributed by atoms with Crippen molar-refractivity contribution < 1.29 is 28.5 Å². The molecular weight excluding hydrogens is 471 g/mol. The number of nitrogens with one attached hydrogen (secondary N) is 1. The molecule has 0 bridgehead atoms. The van der Waals surface area contributed by atoms with Gasteiger partial charge in [-0.1, -0.05) is 60.4 Å². The van der Waals surface area contributed by atoms with E-state index in [1.807, 2.05) is 11.3 Å². The van der Waals surface area contributed by atoms with Crippen molar-refractivity contribution in [2.24, 2.45) is 0 Å². The Balaban J connectivity index is 0.00000196. The van der Waals surface area contributed by atoms with Crippen molar-refractivity contribution in [2.45, 2.75) is 31.7 Å². The van der Waals surface area contributed by atoms with Crippen molar-refractivity contribution in [1.29, 1.82) is 0 Å². The van der Waals surface area contributed by atoms with Gasteiger partial charge in [-0.05, 0) is 37.6 Å². The Morgan fingerprint density at radius 3 is 2.69 bits per heavy atom. The van der Waals surface area contributed by atoms with E-state index < -0.39 is 0 Å². The molecule has 5 heteroatoms. The Morgan fingerprint density at radius 2 is 1.92 bits per heavy atom. The second-order valence-corrected chi connectivity index (χ2v) is 8.06. The van der Waals surface area contributed by atoms with Crippen LogP contribution < -0.4 is 33.9 Å². The van der Waals surface area contributed by atoms with Gasteiger partial charge < -0.3 is 29.3 Å². The van der Waals surface area contributed by atoms with Gasteiger partial charge >= 0.3 is 0 Å². The monoisotopic (exact) mass is 492 g/mol. The predicted molar refractivity (Wildman–Crippen MR) is 110 cm³/mol. The molecule has 0 saturated heterocycles. The maximum Gasteiger partial charge on any atom is 0.262 e. The van der Waals surface area contributed by atoms with Gasteiger partial charge in [-0.15, -0.1) is 0 Å². The highest BCUT2D eigenvalue weighted by Gasteiger charge is 2.19. The average molecular weight is 492 g/mol. The number of rotatable bonds is 4. The van der Waals surface area contributed by atoms with E-state index in [9.17, 15) is 0 Å². The van der Waals surface area contributed by atoms with Crippen molar-refractivity contribution in [3.63, 3.8) is 0 Å². The van der Waals surface area contributed by atoms with Crippen molar-refractivity contribution >= 4 is 45.1 Å². The molecule has 1 aromatic heterocycles. The Morgan fingerprint density at radius 1 is 1.08 bits per heavy atom. The number of thiazole rings is 1. The van der Waals surface area contributed by atoms with E-state index in [0.717, 1.165) is 13.0 Å². The Bertz CT molecular complexity index is 962. The molecule has 4 rings (SSSR count). The van der Waals surface area contributed by atoms with Gasteiger partial charge in [-0.25, -0.2) is 0 Å². The number of benzene rings is 2. The van der Waals surface area contributed by atoms with Gasteiger partial charge in [-0.3, -0.25) is 0 Å². The molecule has 1 aliphatic rings. The number of fused-ring (bicyclic) bond motifs is 2. The summed E-state index contributed by atoms with van der Waals surface area (Å²) in [4.78, 5) is 1.29. The van der Waals surface area contributed by atoms with Crippen LogP contribution >= 0.6 is 23.1 Å². The van der Waals surface area contributed by atoms with Crippen LogP contribution in [-0.4, -0.2) is 0 Å². The van der Waals surface area contributed by atoms with Gasteiger partial charge in [0, 0.05) is 16.5 Å². The van der Waals surface area contributed by atoms with E-state index in [4.69, 9.17) is 0 Å². The molecule has 0 spiro atoms. The standard InChI is InChI=1S/C21H20N2S2.HI/c1-3-15-9-7-12-18-21(15)23(4-2)20(25-18)14-8-13-19-22-16-10-5-6-11-17(16)24-19;/h5-14H,3-4H2,1-2H3;1H. The maximum absolute atomic E-state index is 3.46. The Labute approximate surface area is 180 Å². The van der Waals surface area contributed by atoms with Crippen LogP contribution in [0, 0.1) is 0 Å². The van der Waals surface area contributed by atoms with E-state index in [1.165, 1.54) is 36.4 Å². The molecule has 2 heterocycles. The highest BCUT2D eigenvalue weighted by atomic mass is 127. The van der Waals surface area contributed by atoms with Crippen LogP contribution in [0.2, 0.25) is 0 Å². The lowest BCUT2D eigenvalue weighted by Crippen LogP contribution is -3.00. The first kappa shape index (κ1) is 19.5. The first-order valence-corrected chi connectivity index (χ1v) is 10.3. The third kappa shape index (κ3) is 3.70. The smallest absolute Gasteiger partial charge is 0.262 e. The highest BCUT2D eigenvalue weighted by Crippen LogP contribution is 2.40. The summed E-state index contributed by atoms with van der Waals surface area (Å²) in [5.74, 6) is 0. The minimum atomic E-state index is 0. The number of thioether (sulfide) groups is 1. The number of para-hydroxylation sites is 2. The fourth-order valence-corrected chi connectivity index (χ4v) is 5.29. The maximum atomic E-state index is 3.46. The Hall–Kier alpha value is -1.31. The van der Waals surface area contributed by atoms with Gasteiger partial charge in [0.15, 0.2) is 0 Å². The summed E-state index contributed by atoms with van der Waals surface area (Å²) in [6, 6.07) is 15.1. The van der Waals surface area contributed by atoms with Crippen LogP contribution in [0.1, 0.15) is 24.4 Å². The van der Waals surface area contributed by atoms with Crippen LogP contribution in [0.25, 0.3) is 16.3 Å². The third-order valence-electron chi connectivity index (χ3n) is 4.38. The van der Waals surface area contributed by atoms with Crippen LogP contribution in [0.15, 0.2) is 64.5 Å². The molecular formula is C21H21IN2S2. The molecule has 0 atom stereocenters.